The lowest BCUT2D eigenvalue weighted by molar-refractivity contribution is 0.0776. The highest BCUT2D eigenvalue weighted by atomic mass is 35.5. The summed E-state index contributed by atoms with van der Waals surface area (Å²) in [5, 5.41) is 4.80. The molecular formula is C17H18ClN3O3S. The number of aromatic nitrogens is 2. The summed E-state index contributed by atoms with van der Waals surface area (Å²) >= 11 is 6.17. The van der Waals surface area contributed by atoms with E-state index in [9.17, 15) is 13.2 Å². The highest BCUT2D eigenvalue weighted by molar-refractivity contribution is 7.91. The first-order chi connectivity index (χ1) is 11.9. The van der Waals surface area contributed by atoms with Crippen LogP contribution in [-0.2, 0) is 9.84 Å². The minimum atomic E-state index is -2.96. The Bertz CT molecular complexity index is 940. The third-order valence-electron chi connectivity index (χ3n) is 5.12. The molecule has 0 bridgehead atoms. The fourth-order valence-electron chi connectivity index (χ4n) is 3.80. The Hall–Kier alpha value is -1.86. The maximum atomic E-state index is 12.8. The van der Waals surface area contributed by atoms with Crippen molar-refractivity contribution >= 4 is 27.3 Å². The van der Waals surface area contributed by atoms with Crippen molar-refractivity contribution < 1.29 is 13.2 Å². The highest BCUT2D eigenvalue weighted by Crippen LogP contribution is 2.41. The third-order valence-corrected chi connectivity index (χ3v) is 7.32. The van der Waals surface area contributed by atoms with E-state index in [1.807, 2.05) is 18.2 Å². The molecule has 0 saturated carbocycles. The molecule has 0 aliphatic carbocycles. The fraction of sp³-hybridized carbons (Fsp3) is 0.412. The predicted octanol–water partition coefficient (Wildman–Crippen LogP) is 2.18. The Morgan fingerprint density at radius 2 is 2.04 bits per heavy atom. The number of hydrogen-bond donors (Lipinski definition) is 0. The quantitative estimate of drug-likeness (QED) is 0.801. The van der Waals surface area contributed by atoms with Crippen molar-refractivity contribution in [3.05, 3.63) is 47.2 Å². The molecule has 0 radical (unpaired) electrons. The molecule has 132 valence electrons. The summed E-state index contributed by atoms with van der Waals surface area (Å²) in [7, 11) is -2.96. The van der Waals surface area contributed by atoms with Crippen LogP contribution < -0.4 is 0 Å². The number of carbonyl (C=O) groups excluding carboxylic acids is 1. The lowest BCUT2D eigenvalue weighted by Crippen LogP contribution is -2.32. The van der Waals surface area contributed by atoms with Gasteiger partial charge in [0.2, 0.25) is 0 Å². The van der Waals surface area contributed by atoms with E-state index in [4.69, 9.17) is 11.6 Å². The number of hydrogen-bond acceptors (Lipinski definition) is 4. The van der Waals surface area contributed by atoms with Crippen LogP contribution in [0.2, 0.25) is 5.02 Å². The third kappa shape index (κ3) is 3.06. The second-order valence-corrected chi connectivity index (χ2v) is 9.53. The van der Waals surface area contributed by atoms with E-state index in [1.165, 1.54) is 6.20 Å². The second-order valence-electron chi connectivity index (χ2n) is 6.94. The smallest absolute Gasteiger partial charge is 0.257 e. The van der Waals surface area contributed by atoms with Crippen molar-refractivity contribution in [2.75, 3.05) is 24.6 Å². The van der Waals surface area contributed by atoms with E-state index in [0.29, 0.717) is 35.8 Å². The first-order valence-corrected chi connectivity index (χ1v) is 10.4. The molecule has 1 amide bonds. The van der Waals surface area contributed by atoms with Crippen LogP contribution in [0.15, 0.2) is 36.7 Å². The summed E-state index contributed by atoms with van der Waals surface area (Å²) in [6.07, 6.45) is 4.59. The van der Waals surface area contributed by atoms with E-state index in [0.717, 1.165) is 6.42 Å². The van der Waals surface area contributed by atoms with Crippen LogP contribution in [0.1, 0.15) is 23.2 Å². The summed E-state index contributed by atoms with van der Waals surface area (Å²) in [5.41, 5.74) is 0.938. The monoisotopic (exact) mass is 379 g/mol. The van der Waals surface area contributed by atoms with Gasteiger partial charge in [0.05, 0.1) is 34.0 Å². The zero-order valence-corrected chi connectivity index (χ0v) is 15.1. The molecule has 2 saturated heterocycles. The van der Waals surface area contributed by atoms with Gasteiger partial charge in [0.25, 0.3) is 5.91 Å². The van der Waals surface area contributed by atoms with Crippen LogP contribution >= 0.6 is 11.6 Å². The minimum absolute atomic E-state index is 0.112. The van der Waals surface area contributed by atoms with Gasteiger partial charge in [0, 0.05) is 24.7 Å². The zero-order chi connectivity index (χ0) is 17.7. The molecule has 8 heteroatoms. The maximum absolute atomic E-state index is 12.8. The van der Waals surface area contributed by atoms with Crippen molar-refractivity contribution in [2.45, 2.75) is 12.8 Å². The molecule has 0 N–H and O–H groups in total. The van der Waals surface area contributed by atoms with Gasteiger partial charge in [-0.05, 0) is 25.0 Å². The number of nitrogens with zero attached hydrogens (tertiary/aromatic N) is 3. The number of rotatable bonds is 2. The summed E-state index contributed by atoms with van der Waals surface area (Å²) in [6.45, 7) is 1.09. The van der Waals surface area contributed by atoms with Gasteiger partial charge in [-0.3, -0.25) is 4.79 Å². The largest absolute Gasteiger partial charge is 0.338 e. The van der Waals surface area contributed by atoms with Crippen LogP contribution in [0, 0.1) is 5.41 Å². The number of halogens is 1. The summed E-state index contributed by atoms with van der Waals surface area (Å²) in [5.74, 6) is 0.321. The van der Waals surface area contributed by atoms with E-state index in [2.05, 4.69) is 5.10 Å². The normalized spacial score (nSPS) is 24.9. The number of para-hydroxylation sites is 1. The standard InChI is InChI=1S/C17H18ClN3O3S/c18-14-3-1-2-4-15(14)21-10-13(9-19-21)16(22)20-7-5-17(11-20)6-8-25(23,24)12-17/h1-4,9-10H,5-8,11-12H2. The average molecular weight is 380 g/mol. The molecule has 25 heavy (non-hydrogen) atoms. The SMILES string of the molecule is O=C(c1cnn(-c2ccccc2Cl)c1)N1CCC2(CCS(=O)(=O)C2)C1. The average Bonchev–Trinajstić information content (AvgIpc) is 3.27. The molecule has 1 aromatic heterocycles. The van der Waals surface area contributed by atoms with Gasteiger partial charge in [0.15, 0.2) is 9.84 Å². The van der Waals surface area contributed by atoms with Crippen LogP contribution in [0.25, 0.3) is 5.69 Å². The molecule has 2 aromatic rings. The van der Waals surface area contributed by atoms with E-state index >= 15 is 0 Å². The summed E-state index contributed by atoms with van der Waals surface area (Å²) in [6, 6.07) is 7.29. The molecule has 2 aliphatic heterocycles. The van der Waals surface area contributed by atoms with Gasteiger partial charge < -0.3 is 4.90 Å². The number of benzene rings is 1. The van der Waals surface area contributed by atoms with Crippen LogP contribution in [0.4, 0.5) is 0 Å². The maximum Gasteiger partial charge on any atom is 0.257 e. The zero-order valence-electron chi connectivity index (χ0n) is 13.6. The molecule has 1 atom stereocenters. The first-order valence-electron chi connectivity index (χ1n) is 8.17. The van der Waals surface area contributed by atoms with Gasteiger partial charge in [-0.25, -0.2) is 13.1 Å². The van der Waals surface area contributed by atoms with Crippen LogP contribution in [0.5, 0.6) is 0 Å². The Morgan fingerprint density at radius 1 is 1.24 bits per heavy atom. The van der Waals surface area contributed by atoms with Crippen molar-refractivity contribution in [1.29, 1.82) is 0 Å². The lowest BCUT2D eigenvalue weighted by Gasteiger charge is -2.21. The Balaban J connectivity index is 1.52. The first kappa shape index (κ1) is 16.6. The number of sulfone groups is 1. The fourth-order valence-corrected chi connectivity index (χ4v) is 6.22. The molecule has 4 rings (SSSR count). The molecular weight excluding hydrogens is 362 g/mol. The van der Waals surface area contributed by atoms with E-state index < -0.39 is 9.84 Å². The Kier molecular flexibility index (Phi) is 3.88. The number of likely N-dealkylation sites (tertiary alicyclic amines) is 1. The molecule has 1 spiro atoms. The molecule has 6 nitrogen and oxygen atoms in total. The lowest BCUT2D eigenvalue weighted by atomic mass is 9.87. The van der Waals surface area contributed by atoms with Gasteiger partial charge >= 0.3 is 0 Å². The highest BCUT2D eigenvalue weighted by Gasteiger charge is 2.47. The van der Waals surface area contributed by atoms with Crippen molar-refractivity contribution in [3.8, 4) is 5.69 Å². The molecule has 2 fully saturated rings. The van der Waals surface area contributed by atoms with Crippen molar-refractivity contribution in [1.82, 2.24) is 14.7 Å². The summed E-state index contributed by atoms with van der Waals surface area (Å²) < 4.78 is 25.2. The molecule has 1 aromatic carbocycles. The Labute approximate surface area is 151 Å². The Morgan fingerprint density at radius 3 is 2.76 bits per heavy atom. The molecule has 3 heterocycles. The van der Waals surface area contributed by atoms with E-state index in [-0.39, 0.29) is 22.8 Å². The van der Waals surface area contributed by atoms with Crippen molar-refractivity contribution in [3.63, 3.8) is 0 Å². The van der Waals surface area contributed by atoms with Gasteiger partial charge in [0.1, 0.15) is 0 Å². The van der Waals surface area contributed by atoms with Crippen molar-refractivity contribution in [2.24, 2.45) is 5.41 Å². The van der Waals surface area contributed by atoms with Crippen LogP contribution in [-0.4, -0.2) is 53.6 Å². The molecule has 2 aliphatic rings. The van der Waals surface area contributed by atoms with Crippen LogP contribution in [0.3, 0.4) is 0 Å². The second kappa shape index (κ2) is 5.85. The topological polar surface area (TPSA) is 72.3 Å². The summed E-state index contributed by atoms with van der Waals surface area (Å²) in [4.78, 5) is 14.5. The molecule has 1 unspecified atom stereocenters. The van der Waals surface area contributed by atoms with E-state index in [1.54, 1.807) is 21.8 Å². The van der Waals surface area contributed by atoms with Gasteiger partial charge in [-0.15, -0.1) is 0 Å². The predicted molar refractivity (Wildman–Crippen MR) is 94.8 cm³/mol. The number of carbonyl (C=O) groups is 1. The minimum Gasteiger partial charge on any atom is -0.338 e. The number of amides is 1. The van der Waals surface area contributed by atoms with Gasteiger partial charge in [-0.2, -0.15) is 5.10 Å². The van der Waals surface area contributed by atoms with Gasteiger partial charge in [-0.1, -0.05) is 23.7 Å².